The molecule has 1 aliphatic rings. The number of hydrogen-bond acceptors (Lipinski definition) is 6. The lowest BCUT2D eigenvalue weighted by atomic mass is 9.96. The van der Waals surface area contributed by atoms with E-state index in [0.29, 0.717) is 5.92 Å². The number of pyridine rings is 1. The van der Waals surface area contributed by atoms with Gasteiger partial charge in [-0.1, -0.05) is 6.07 Å². The van der Waals surface area contributed by atoms with Crippen molar-refractivity contribution in [3.8, 4) is 0 Å². The molecule has 8 heteroatoms. The van der Waals surface area contributed by atoms with E-state index >= 15 is 0 Å². The lowest BCUT2D eigenvalue weighted by molar-refractivity contribution is 0.481. The fourth-order valence-electron chi connectivity index (χ4n) is 3.69. The van der Waals surface area contributed by atoms with Crippen LogP contribution in [0.25, 0.3) is 16.7 Å². The molecule has 4 aromatic rings. The van der Waals surface area contributed by atoms with Crippen LogP contribution in [-0.2, 0) is 7.05 Å². The van der Waals surface area contributed by atoms with E-state index in [2.05, 4.69) is 34.6 Å². The van der Waals surface area contributed by atoms with Gasteiger partial charge < -0.3 is 4.90 Å². The largest absolute Gasteiger partial charge is 0.356 e. The molecule has 126 valence electrons. The van der Waals surface area contributed by atoms with Crippen molar-refractivity contribution < 1.29 is 0 Å². The summed E-state index contributed by atoms with van der Waals surface area (Å²) in [7, 11) is 1.90. The standard InChI is InChI=1S/C17H18N8/c1-23-16-13(10-20-23)17(19-11-18-16)24-8-5-12(6-9-24)15-22-21-14-4-2-3-7-25(14)15/h2-4,7,10-12H,5-6,8-9H2,1H3. The van der Waals surface area contributed by atoms with E-state index in [1.165, 1.54) is 0 Å². The molecule has 1 saturated heterocycles. The summed E-state index contributed by atoms with van der Waals surface area (Å²) in [4.78, 5) is 11.2. The van der Waals surface area contributed by atoms with E-state index < -0.39 is 0 Å². The van der Waals surface area contributed by atoms with Crippen LogP contribution in [0.5, 0.6) is 0 Å². The molecule has 1 fully saturated rings. The minimum absolute atomic E-state index is 0.417. The third kappa shape index (κ3) is 2.25. The number of aromatic nitrogens is 7. The van der Waals surface area contributed by atoms with Gasteiger partial charge in [0, 0.05) is 32.3 Å². The summed E-state index contributed by atoms with van der Waals surface area (Å²) in [5, 5.41) is 14.0. The minimum atomic E-state index is 0.417. The highest BCUT2D eigenvalue weighted by Gasteiger charge is 2.26. The van der Waals surface area contributed by atoms with Crippen LogP contribution in [0, 0.1) is 0 Å². The van der Waals surface area contributed by atoms with Crippen LogP contribution >= 0.6 is 0 Å². The van der Waals surface area contributed by atoms with Gasteiger partial charge in [-0.25, -0.2) is 9.97 Å². The maximum Gasteiger partial charge on any atom is 0.163 e. The summed E-state index contributed by atoms with van der Waals surface area (Å²) >= 11 is 0. The summed E-state index contributed by atoms with van der Waals surface area (Å²) in [6, 6.07) is 6.01. The van der Waals surface area contributed by atoms with Gasteiger partial charge in [-0.15, -0.1) is 10.2 Å². The lowest BCUT2D eigenvalue weighted by Gasteiger charge is -2.32. The molecule has 0 unspecified atom stereocenters. The lowest BCUT2D eigenvalue weighted by Crippen LogP contribution is -2.34. The zero-order chi connectivity index (χ0) is 16.8. The third-order valence-corrected chi connectivity index (χ3v) is 5.01. The predicted molar refractivity (Wildman–Crippen MR) is 93.5 cm³/mol. The first-order valence-corrected chi connectivity index (χ1v) is 8.48. The van der Waals surface area contributed by atoms with Gasteiger partial charge in [0.2, 0.25) is 0 Å². The average Bonchev–Trinajstić information content (AvgIpc) is 3.26. The Morgan fingerprint density at radius 1 is 1.08 bits per heavy atom. The number of nitrogens with zero attached hydrogens (tertiary/aromatic N) is 8. The van der Waals surface area contributed by atoms with Crippen LogP contribution in [0.15, 0.2) is 36.9 Å². The fraction of sp³-hybridized carbons (Fsp3) is 0.353. The SMILES string of the molecule is Cn1ncc2c(N3CCC(c4nnc5ccccn45)CC3)ncnc21. The minimum Gasteiger partial charge on any atom is -0.356 e. The molecule has 0 saturated carbocycles. The van der Waals surface area contributed by atoms with E-state index in [9.17, 15) is 0 Å². The number of aryl methyl sites for hydroxylation is 1. The summed E-state index contributed by atoms with van der Waals surface area (Å²) in [5.41, 5.74) is 1.78. The van der Waals surface area contributed by atoms with Crippen LogP contribution in [0.4, 0.5) is 5.82 Å². The molecule has 0 atom stereocenters. The van der Waals surface area contributed by atoms with Crippen molar-refractivity contribution >= 4 is 22.5 Å². The van der Waals surface area contributed by atoms with Crippen molar-refractivity contribution in [3.05, 3.63) is 42.7 Å². The molecule has 0 bridgehead atoms. The summed E-state index contributed by atoms with van der Waals surface area (Å²) in [5.74, 6) is 2.45. The maximum absolute atomic E-state index is 4.51. The van der Waals surface area contributed by atoms with Crippen LogP contribution in [0.3, 0.4) is 0 Å². The summed E-state index contributed by atoms with van der Waals surface area (Å²) < 4.78 is 3.89. The smallest absolute Gasteiger partial charge is 0.163 e. The molecule has 0 aromatic carbocycles. The molecule has 0 radical (unpaired) electrons. The Hall–Kier alpha value is -3.03. The number of anilines is 1. The first-order valence-electron chi connectivity index (χ1n) is 8.48. The molecule has 8 nitrogen and oxygen atoms in total. The highest BCUT2D eigenvalue weighted by Crippen LogP contribution is 2.31. The van der Waals surface area contributed by atoms with Crippen LogP contribution in [-0.4, -0.2) is 47.4 Å². The third-order valence-electron chi connectivity index (χ3n) is 5.01. The first-order chi connectivity index (χ1) is 12.3. The Labute approximate surface area is 144 Å². The van der Waals surface area contributed by atoms with Crippen molar-refractivity contribution in [2.24, 2.45) is 7.05 Å². The number of fused-ring (bicyclic) bond motifs is 2. The first kappa shape index (κ1) is 14.3. The van der Waals surface area contributed by atoms with Crippen molar-refractivity contribution in [1.82, 2.24) is 34.3 Å². The van der Waals surface area contributed by atoms with Gasteiger partial charge in [0.25, 0.3) is 0 Å². The molecular formula is C17H18N8. The van der Waals surface area contributed by atoms with E-state index in [4.69, 9.17) is 0 Å². The van der Waals surface area contributed by atoms with Crippen LogP contribution < -0.4 is 4.90 Å². The molecule has 0 amide bonds. The van der Waals surface area contributed by atoms with Crippen molar-refractivity contribution in [2.45, 2.75) is 18.8 Å². The molecule has 1 aliphatic heterocycles. The zero-order valence-electron chi connectivity index (χ0n) is 13.9. The summed E-state index contributed by atoms with van der Waals surface area (Å²) in [6.45, 7) is 1.88. The van der Waals surface area contributed by atoms with Gasteiger partial charge in [-0.05, 0) is 25.0 Å². The second-order valence-electron chi connectivity index (χ2n) is 6.45. The number of piperidine rings is 1. The Morgan fingerprint density at radius 3 is 2.84 bits per heavy atom. The summed E-state index contributed by atoms with van der Waals surface area (Å²) in [6.07, 6.45) is 7.57. The predicted octanol–water partition coefficient (Wildman–Crippen LogP) is 1.79. The maximum atomic E-state index is 4.51. The molecule has 25 heavy (non-hydrogen) atoms. The molecule has 5 heterocycles. The average molecular weight is 334 g/mol. The Morgan fingerprint density at radius 2 is 1.96 bits per heavy atom. The van der Waals surface area contributed by atoms with Crippen LogP contribution in [0.1, 0.15) is 24.6 Å². The van der Waals surface area contributed by atoms with Gasteiger partial charge in [0.15, 0.2) is 11.3 Å². The monoisotopic (exact) mass is 334 g/mol. The Balaban J connectivity index is 1.41. The molecule has 0 aliphatic carbocycles. The highest BCUT2D eigenvalue weighted by atomic mass is 15.3. The normalized spacial score (nSPS) is 16.1. The molecular weight excluding hydrogens is 316 g/mol. The highest BCUT2D eigenvalue weighted by molar-refractivity contribution is 5.86. The van der Waals surface area contributed by atoms with Gasteiger partial charge >= 0.3 is 0 Å². The quantitative estimate of drug-likeness (QED) is 0.556. The topological polar surface area (TPSA) is 77.0 Å². The van der Waals surface area contributed by atoms with Gasteiger partial charge in [0.1, 0.15) is 18.0 Å². The van der Waals surface area contributed by atoms with Crippen molar-refractivity contribution in [1.29, 1.82) is 0 Å². The number of rotatable bonds is 2. The molecule has 5 rings (SSSR count). The van der Waals surface area contributed by atoms with E-state index in [1.54, 1.807) is 11.0 Å². The van der Waals surface area contributed by atoms with E-state index in [-0.39, 0.29) is 0 Å². The van der Waals surface area contributed by atoms with Gasteiger partial charge in [-0.3, -0.25) is 9.08 Å². The van der Waals surface area contributed by atoms with Crippen molar-refractivity contribution in [2.75, 3.05) is 18.0 Å². The van der Waals surface area contributed by atoms with E-state index in [0.717, 1.165) is 54.3 Å². The Kier molecular flexibility index (Phi) is 3.16. The second-order valence-corrected chi connectivity index (χ2v) is 6.45. The molecule has 0 N–H and O–H groups in total. The Bertz CT molecular complexity index is 1040. The number of hydrogen-bond donors (Lipinski definition) is 0. The van der Waals surface area contributed by atoms with Gasteiger partial charge in [0.05, 0.1) is 11.6 Å². The fourth-order valence-corrected chi connectivity index (χ4v) is 3.69. The molecule has 4 aromatic heterocycles. The molecule has 0 spiro atoms. The second kappa shape index (κ2) is 5.51. The zero-order valence-corrected chi connectivity index (χ0v) is 13.9. The van der Waals surface area contributed by atoms with Crippen LogP contribution in [0.2, 0.25) is 0 Å². The van der Waals surface area contributed by atoms with Crippen molar-refractivity contribution in [3.63, 3.8) is 0 Å². The van der Waals surface area contributed by atoms with E-state index in [1.807, 2.05) is 37.6 Å². The van der Waals surface area contributed by atoms with Gasteiger partial charge in [-0.2, -0.15) is 5.10 Å².